The summed E-state index contributed by atoms with van der Waals surface area (Å²) in [5, 5.41) is 0. The molecular weight excluding hydrogens is 308 g/mol. The molecule has 1 aliphatic heterocycles. The van der Waals surface area contributed by atoms with Crippen LogP contribution in [0.15, 0.2) is 23.8 Å². The molecule has 3 heterocycles. The van der Waals surface area contributed by atoms with Crippen LogP contribution in [-0.4, -0.2) is 48.0 Å². The molecule has 1 fully saturated rings. The zero-order chi connectivity index (χ0) is 16.4. The minimum Gasteiger partial charge on any atom is -0.363 e. The van der Waals surface area contributed by atoms with Gasteiger partial charge in [0.25, 0.3) is 5.91 Å². The topological polar surface area (TPSA) is 49.3 Å². The Hall–Kier alpha value is -1.95. The second-order valence-corrected chi connectivity index (χ2v) is 7.05. The van der Waals surface area contributed by atoms with Gasteiger partial charge in [-0.3, -0.25) is 4.79 Å². The number of pyridine rings is 1. The van der Waals surface area contributed by atoms with Crippen LogP contribution in [-0.2, 0) is 0 Å². The van der Waals surface area contributed by atoms with E-state index in [1.807, 2.05) is 37.0 Å². The molecule has 1 saturated heterocycles. The van der Waals surface area contributed by atoms with Gasteiger partial charge in [-0.05, 0) is 37.5 Å². The summed E-state index contributed by atoms with van der Waals surface area (Å²) in [6, 6.07) is 4.21. The van der Waals surface area contributed by atoms with Crippen LogP contribution in [0.1, 0.15) is 39.7 Å². The maximum Gasteiger partial charge on any atom is 0.265 e. The van der Waals surface area contributed by atoms with E-state index in [0.29, 0.717) is 5.92 Å². The van der Waals surface area contributed by atoms with Crippen LogP contribution in [0.5, 0.6) is 0 Å². The SMILES string of the molecule is Cc1ncsc1C(=O)N1CCCC(c2ccnc(N(C)C)c2)C1. The van der Waals surface area contributed by atoms with Crippen LogP contribution in [0.4, 0.5) is 5.82 Å². The summed E-state index contributed by atoms with van der Waals surface area (Å²) in [6.45, 7) is 3.50. The molecule has 0 N–H and O–H groups in total. The van der Waals surface area contributed by atoms with Crippen LogP contribution in [0.25, 0.3) is 0 Å². The van der Waals surface area contributed by atoms with E-state index < -0.39 is 0 Å². The zero-order valence-corrected chi connectivity index (χ0v) is 14.6. The Bertz CT molecular complexity index is 697. The number of likely N-dealkylation sites (tertiary alicyclic amines) is 1. The molecule has 2 aromatic heterocycles. The Morgan fingerprint density at radius 3 is 2.91 bits per heavy atom. The van der Waals surface area contributed by atoms with Gasteiger partial charge in [0.15, 0.2) is 0 Å². The highest BCUT2D eigenvalue weighted by Gasteiger charge is 2.27. The number of anilines is 1. The summed E-state index contributed by atoms with van der Waals surface area (Å²) in [6.07, 6.45) is 4.01. The predicted molar refractivity (Wildman–Crippen MR) is 93.3 cm³/mol. The number of aryl methyl sites for hydroxylation is 1. The molecule has 0 aromatic carbocycles. The monoisotopic (exact) mass is 330 g/mol. The summed E-state index contributed by atoms with van der Waals surface area (Å²) < 4.78 is 0. The van der Waals surface area contributed by atoms with E-state index in [1.165, 1.54) is 16.9 Å². The van der Waals surface area contributed by atoms with E-state index in [-0.39, 0.29) is 5.91 Å². The fourth-order valence-electron chi connectivity index (χ4n) is 3.02. The van der Waals surface area contributed by atoms with Crippen molar-refractivity contribution in [2.45, 2.75) is 25.7 Å². The lowest BCUT2D eigenvalue weighted by molar-refractivity contribution is 0.0711. The van der Waals surface area contributed by atoms with Gasteiger partial charge in [-0.25, -0.2) is 9.97 Å². The number of hydrogen-bond acceptors (Lipinski definition) is 5. The molecule has 23 heavy (non-hydrogen) atoms. The lowest BCUT2D eigenvalue weighted by Gasteiger charge is -2.33. The number of rotatable bonds is 3. The Morgan fingerprint density at radius 2 is 2.22 bits per heavy atom. The molecule has 1 atom stereocenters. The van der Waals surface area contributed by atoms with Crippen molar-refractivity contribution < 1.29 is 4.79 Å². The average molecular weight is 330 g/mol. The Morgan fingerprint density at radius 1 is 1.39 bits per heavy atom. The normalized spacial score (nSPS) is 18.0. The van der Waals surface area contributed by atoms with Crippen LogP contribution in [0.2, 0.25) is 0 Å². The van der Waals surface area contributed by atoms with Crippen LogP contribution in [0, 0.1) is 6.92 Å². The number of aromatic nitrogens is 2. The fraction of sp³-hybridized carbons (Fsp3) is 0.471. The first kappa shape index (κ1) is 15.9. The third-order valence-corrected chi connectivity index (χ3v) is 5.26. The molecule has 0 spiro atoms. The number of thiazole rings is 1. The number of carbonyl (C=O) groups is 1. The van der Waals surface area contributed by atoms with Crippen molar-refractivity contribution in [2.24, 2.45) is 0 Å². The largest absolute Gasteiger partial charge is 0.363 e. The highest BCUT2D eigenvalue weighted by Crippen LogP contribution is 2.29. The van der Waals surface area contributed by atoms with E-state index in [2.05, 4.69) is 22.1 Å². The number of amides is 1. The van der Waals surface area contributed by atoms with E-state index >= 15 is 0 Å². The van der Waals surface area contributed by atoms with Crippen molar-refractivity contribution in [3.63, 3.8) is 0 Å². The molecule has 1 amide bonds. The number of nitrogens with zero attached hydrogens (tertiary/aromatic N) is 4. The van der Waals surface area contributed by atoms with Gasteiger partial charge in [0.2, 0.25) is 0 Å². The molecule has 0 aliphatic carbocycles. The van der Waals surface area contributed by atoms with Crippen molar-refractivity contribution in [2.75, 3.05) is 32.1 Å². The van der Waals surface area contributed by atoms with Gasteiger partial charge in [0.05, 0.1) is 11.2 Å². The molecule has 3 rings (SSSR count). The number of piperidine rings is 1. The lowest BCUT2D eigenvalue weighted by atomic mass is 9.91. The summed E-state index contributed by atoms with van der Waals surface area (Å²) >= 11 is 1.44. The van der Waals surface area contributed by atoms with E-state index in [0.717, 1.165) is 42.3 Å². The molecule has 2 aromatic rings. The molecule has 1 aliphatic rings. The maximum absolute atomic E-state index is 12.7. The van der Waals surface area contributed by atoms with Crippen molar-refractivity contribution in [3.05, 3.63) is 40.0 Å². The average Bonchev–Trinajstić information content (AvgIpc) is 3.00. The third-order valence-electron chi connectivity index (χ3n) is 4.35. The minimum atomic E-state index is 0.122. The highest BCUT2D eigenvalue weighted by atomic mass is 32.1. The summed E-state index contributed by atoms with van der Waals surface area (Å²) in [5.74, 6) is 1.46. The lowest BCUT2D eigenvalue weighted by Crippen LogP contribution is -2.39. The van der Waals surface area contributed by atoms with E-state index in [9.17, 15) is 4.79 Å². The van der Waals surface area contributed by atoms with Gasteiger partial charge >= 0.3 is 0 Å². The van der Waals surface area contributed by atoms with Gasteiger partial charge in [-0.2, -0.15) is 0 Å². The van der Waals surface area contributed by atoms with Crippen molar-refractivity contribution in [1.82, 2.24) is 14.9 Å². The summed E-state index contributed by atoms with van der Waals surface area (Å²) in [4.78, 5) is 26.0. The Labute approximate surface area is 141 Å². The molecule has 6 heteroatoms. The maximum atomic E-state index is 12.7. The predicted octanol–water partition coefficient (Wildman–Crippen LogP) is 2.93. The molecule has 0 bridgehead atoms. The van der Waals surface area contributed by atoms with Gasteiger partial charge in [-0.1, -0.05) is 0 Å². The van der Waals surface area contributed by atoms with Crippen LogP contribution < -0.4 is 4.90 Å². The van der Waals surface area contributed by atoms with Crippen LogP contribution in [0.3, 0.4) is 0 Å². The van der Waals surface area contributed by atoms with Gasteiger partial charge in [0.1, 0.15) is 10.7 Å². The smallest absolute Gasteiger partial charge is 0.265 e. The molecule has 1 unspecified atom stereocenters. The molecule has 0 radical (unpaired) electrons. The molecule has 5 nitrogen and oxygen atoms in total. The van der Waals surface area contributed by atoms with Crippen molar-refractivity contribution in [3.8, 4) is 0 Å². The van der Waals surface area contributed by atoms with E-state index in [1.54, 1.807) is 5.51 Å². The van der Waals surface area contributed by atoms with Crippen molar-refractivity contribution in [1.29, 1.82) is 0 Å². The van der Waals surface area contributed by atoms with Gasteiger partial charge < -0.3 is 9.80 Å². The third kappa shape index (κ3) is 3.37. The second kappa shape index (κ2) is 6.66. The Kier molecular flexibility index (Phi) is 4.61. The fourth-order valence-corrected chi connectivity index (χ4v) is 3.79. The highest BCUT2D eigenvalue weighted by molar-refractivity contribution is 7.11. The first-order chi connectivity index (χ1) is 11.1. The first-order valence-electron chi connectivity index (χ1n) is 7.89. The second-order valence-electron chi connectivity index (χ2n) is 6.20. The van der Waals surface area contributed by atoms with Crippen LogP contribution >= 0.6 is 11.3 Å². The van der Waals surface area contributed by atoms with Crippen molar-refractivity contribution >= 4 is 23.1 Å². The first-order valence-corrected chi connectivity index (χ1v) is 8.77. The van der Waals surface area contributed by atoms with Gasteiger partial charge in [0, 0.05) is 39.3 Å². The summed E-state index contributed by atoms with van der Waals surface area (Å²) in [7, 11) is 3.99. The summed E-state index contributed by atoms with van der Waals surface area (Å²) in [5.41, 5.74) is 3.85. The standard InChI is InChI=1S/C17H22N4OS/c1-12-16(23-11-19-12)17(22)21-8-4-5-14(10-21)13-6-7-18-15(9-13)20(2)3/h6-7,9,11,14H,4-5,8,10H2,1-3H3. The molecule has 0 saturated carbocycles. The quantitative estimate of drug-likeness (QED) is 0.868. The molecule has 122 valence electrons. The molecular formula is C17H22N4OS. The van der Waals surface area contributed by atoms with Gasteiger partial charge in [-0.15, -0.1) is 11.3 Å². The Balaban J connectivity index is 1.77. The van der Waals surface area contributed by atoms with E-state index in [4.69, 9.17) is 0 Å². The number of carbonyl (C=O) groups excluding carboxylic acids is 1. The number of hydrogen-bond donors (Lipinski definition) is 0. The minimum absolute atomic E-state index is 0.122. The zero-order valence-electron chi connectivity index (χ0n) is 13.8.